The van der Waals surface area contributed by atoms with Gasteiger partial charge in [-0.3, -0.25) is 14.3 Å². The molecule has 2 aliphatic heterocycles. The molecule has 1 atom stereocenters. The van der Waals surface area contributed by atoms with Crippen molar-refractivity contribution >= 4 is 45.0 Å². The van der Waals surface area contributed by atoms with Crippen LogP contribution < -0.4 is 10.0 Å². The number of thioether (sulfide) groups is 1. The molecule has 0 saturated carbocycles. The largest absolute Gasteiger partial charge is 0.343 e. The van der Waals surface area contributed by atoms with E-state index in [0.717, 1.165) is 36.4 Å². The molecular weight excluding hydrogens is 434 g/mol. The summed E-state index contributed by atoms with van der Waals surface area (Å²) >= 11 is 1.46. The summed E-state index contributed by atoms with van der Waals surface area (Å²) < 4.78 is 28.2. The summed E-state index contributed by atoms with van der Waals surface area (Å²) in [4.78, 5) is 27.9. The predicted octanol–water partition coefficient (Wildman–Crippen LogP) is 3.47. The minimum absolute atomic E-state index is 0.00905. The van der Waals surface area contributed by atoms with Crippen LogP contribution in [-0.4, -0.2) is 44.0 Å². The second-order valence-corrected chi connectivity index (χ2v) is 10.7. The van der Waals surface area contributed by atoms with E-state index < -0.39 is 15.9 Å². The van der Waals surface area contributed by atoms with Gasteiger partial charge in [0.15, 0.2) is 0 Å². The molecule has 2 heterocycles. The number of hydrogen-bond acceptors (Lipinski definition) is 5. The van der Waals surface area contributed by atoms with Crippen LogP contribution in [0.4, 0.5) is 11.4 Å². The number of rotatable bonds is 5. The number of fused-ring (bicyclic) bond motifs is 1. The number of carbonyl (C=O) groups is 2. The zero-order valence-corrected chi connectivity index (χ0v) is 18.9. The van der Waals surface area contributed by atoms with E-state index in [0.29, 0.717) is 17.1 Å². The molecule has 1 fully saturated rings. The van der Waals surface area contributed by atoms with Gasteiger partial charge >= 0.3 is 0 Å². The number of amides is 2. The van der Waals surface area contributed by atoms with Gasteiger partial charge in [0, 0.05) is 35.8 Å². The maximum Gasteiger partial charge on any atom is 0.261 e. The molecule has 0 bridgehead atoms. The smallest absolute Gasteiger partial charge is 0.261 e. The third kappa shape index (κ3) is 5.04. The van der Waals surface area contributed by atoms with Crippen LogP contribution in [-0.2, 0) is 19.6 Å². The molecule has 0 radical (unpaired) electrons. The van der Waals surface area contributed by atoms with Gasteiger partial charge in [-0.1, -0.05) is 17.7 Å². The molecule has 4 rings (SSSR count). The highest BCUT2D eigenvalue weighted by atomic mass is 32.2. The van der Waals surface area contributed by atoms with Crippen molar-refractivity contribution in [1.29, 1.82) is 0 Å². The van der Waals surface area contributed by atoms with Crippen molar-refractivity contribution in [2.24, 2.45) is 5.92 Å². The van der Waals surface area contributed by atoms with Crippen LogP contribution in [0.1, 0.15) is 24.8 Å². The summed E-state index contributed by atoms with van der Waals surface area (Å²) in [6.07, 6.45) is 2.19. The lowest BCUT2D eigenvalue weighted by Gasteiger charge is -2.18. The highest BCUT2D eigenvalue weighted by molar-refractivity contribution is 7.99. The van der Waals surface area contributed by atoms with E-state index >= 15 is 0 Å². The van der Waals surface area contributed by atoms with E-state index in [1.54, 1.807) is 18.2 Å². The summed E-state index contributed by atoms with van der Waals surface area (Å²) in [6, 6.07) is 11.8. The molecule has 7 nitrogen and oxygen atoms in total. The number of aryl methyl sites for hydroxylation is 1. The predicted molar refractivity (Wildman–Crippen MR) is 122 cm³/mol. The fraction of sp³-hybridized carbons (Fsp3) is 0.364. The Kier molecular flexibility index (Phi) is 6.24. The maximum atomic E-state index is 12.8. The SMILES string of the molecule is Cc1ccc(NS(=O)(=O)c2ccc3c(c2)NC(=O)[C@H](CC(=O)N2CCCC2)CS3)cc1. The molecule has 164 valence electrons. The summed E-state index contributed by atoms with van der Waals surface area (Å²) in [5, 5.41) is 2.83. The van der Waals surface area contributed by atoms with E-state index in [1.165, 1.54) is 23.9 Å². The molecule has 31 heavy (non-hydrogen) atoms. The van der Waals surface area contributed by atoms with Crippen LogP contribution in [0.3, 0.4) is 0 Å². The topological polar surface area (TPSA) is 95.6 Å². The number of anilines is 2. The molecule has 0 aromatic heterocycles. The van der Waals surface area contributed by atoms with Gasteiger partial charge < -0.3 is 10.2 Å². The molecule has 2 aromatic rings. The number of likely N-dealkylation sites (tertiary alicyclic amines) is 1. The Balaban J connectivity index is 1.49. The van der Waals surface area contributed by atoms with Crippen LogP contribution in [0.5, 0.6) is 0 Å². The first-order valence-corrected chi connectivity index (χ1v) is 12.7. The Bertz CT molecular complexity index is 1090. The number of sulfonamides is 1. The second kappa shape index (κ2) is 8.92. The Morgan fingerprint density at radius 2 is 1.87 bits per heavy atom. The Morgan fingerprint density at radius 3 is 2.58 bits per heavy atom. The zero-order chi connectivity index (χ0) is 22.0. The van der Waals surface area contributed by atoms with Crippen molar-refractivity contribution in [2.75, 3.05) is 28.9 Å². The van der Waals surface area contributed by atoms with Crippen molar-refractivity contribution in [1.82, 2.24) is 4.90 Å². The van der Waals surface area contributed by atoms with Crippen molar-refractivity contribution in [3.8, 4) is 0 Å². The van der Waals surface area contributed by atoms with Gasteiger partial charge in [0.05, 0.1) is 16.5 Å². The van der Waals surface area contributed by atoms with Gasteiger partial charge in [0.1, 0.15) is 0 Å². The van der Waals surface area contributed by atoms with Gasteiger partial charge in [-0.15, -0.1) is 11.8 Å². The van der Waals surface area contributed by atoms with Crippen LogP contribution in [0.15, 0.2) is 52.3 Å². The molecule has 2 N–H and O–H groups in total. The maximum absolute atomic E-state index is 12.8. The van der Waals surface area contributed by atoms with Crippen LogP contribution in [0.2, 0.25) is 0 Å². The van der Waals surface area contributed by atoms with E-state index in [1.807, 2.05) is 24.0 Å². The molecule has 1 saturated heterocycles. The minimum Gasteiger partial charge on any atom is -0.343 e. The molecule has 0 unspecified atom stereocenters. The summed E-state index contributed by atoms with van der Waals surface area (Å²) in [5.41, 5.74) is 1.96. The normalized spacial score (nSPS) is 18.8. The minimum atomic E-state index is -3.80. The fourth-order valence-corrected chi connectivity index (χ4v) is 5.86. The van der Waals surface area contributed by atoms with E-state index in [-0.39, 0.29) is 23.1 Å². The van der Waals surface area contributed by atoms with Crippen molar-refractivity contribution in [2.45, 2.75) is 36.0 Å². The van der Waals surface area contributed by atoms with E-state index in [4.69, 9.17) is 0 Å². The third-order valence-corrected chi connectivity index (χ3v) is 8.13. The van der Waals surface area contributed by atoms with Gasteiger partial charge in [0.2, 0.25) is 11.8 Å². The lowest BCUT2D eigenvalue weighted by molar-refractivity contribution is -0.133. The molecular formula is C22H25N3O4S2. The third-order valence-electron chi connectivity index (χ3n) is 5.51. The lowest BCUT2D eigenvalue weighted by Crippen LogP contribution is -2.33. The van der Waals surface area contributed by atoms with Crippen LogP contribution >= 0.6 is 11.8 Å². The summed E-state index contributed by atoms with van der Waals surface area (Å²) in [7, 11) is -3.80. The van der Waals surface area contributed by atoms with Crippen molar-refractivity contribution in [3.05, 3.63) is 48.0 Å². The highest BCUT2D eigenvalue weighted by Crippen LogP contribution is 2.35. The van der Waals surface area contributed by atoms with Crippen molar-refractivity contribution in [3.63, 3.8) is 0 Å². The van der Waals surface area contributed by atoms with E-state index in [2.05, 4.69) is 10.0 Å². The fourth-order valence-electron chi connectivity index (χ4n) is 3.69. The Hall–Kier alpha value is -2.52. The van der Waals surface area contributed by atoms with Gasteiger partial charge in [0.25, 0.3) is 10.0 Å². The molecule has 0 aliphatic carbocycles. The Morgan fingerprint density at radius 1 is 1.16 bits per heavy atom. The Labute approximate surface area is 186 Å². The van der Waals surface area contributed by atoms with Crippen molar-refractivity contribution < 1.29 is 18.0 Å². The lowest BCUT2D eigenvalue weighted by atomic mass is 10.1. The zero-order valence-electron chi connectivity index (χ0n) is 17.3. The monoisotopic (exact) mass is 459 g/mol. The number of benzene rings is 2. The first-order chi connectivity index (χ1) is 14.8. The first kappa shape index (κ1) is 21.7. The van der Waals surface area contributed by atoms with Gasteiger partial charge in [-0.25, -0.2) is 8.42 Å². The van der Waals surface area contributed by atoms with Crippen LogP contribution in [0, 0.1) is 12.8 Å². The highest BCUT2D eigenvalue weighted by Gasteiger charge is 2.30. The summed E-state index contributed by atoms with van der Waals surface area (Å²) in [5.74, 6) is -0.211. The average Bonchev–Trinajstić information content (AvgIpc) is 3.23. The number of hydrogen-bond donors (Lipinski definition) is 2. The van der Waals surface area contributed by atoms with Crippen LogP contribution in [0.25, 0.3) is 0 Å². The van der Waals surface area contributed by atoms with E-state index in [9.17, 15) is 18.0 Å². The second-order valence-electron chi connectivity index (χ2n) is 7.92. The quantitative estimate of drug-likeness (QED) is 0.714. The average molecular weight is 460 g/mol. The summed E-state index contributed by atoms with van der Waals surface area (Å²) in [6.45, 7) is 3.45. The molecule has 2 aliphatic rings. The number of nitrogens with zero attached hydrogens (tertiary/aromatic N) is 1. The number of nitrogens with one attached hydrogen (secondary N) is 2. The van der Waals surface area contributed by atoms with Gasteiger partial charge in [-0.05, 0) is 50.1 Å². The van der Waals surface area contributed by atoms with Gasteiger partial charge in [-0.2, -0.15) is 0 Å². The first-order valence-electron chi connectivity index (χ1n) is 10.3. The molecule has 2 aromatic carbocycles. The molecule has 2 amide bonds. The molecule has 9 heteroatoms. The number of carbonyl (C=O) groups excluding carboxylic acids is 2. The standard InChI is InChI=1S/C22H25N3O4S2/c1-15-4-6-17(7-5-15)24-31(28,29)18-8-9-20-19(13-18)23-22(27)16(14-30-20)12-21(26)25-10-2-3-11-25/h4-9,13,16,24H,2-3,10-12,14H2,1H3,(H,23,27)/t16-/m1/s1. The molecule has 0 spiro atoms.